The van der Waals surface area contributed by atoms with E-state index in [1.54, 1.807) is 4.90 Å². The van der Waals surface area contributed by atoms with Crippen LogP contribution in [0.15, 0.2) is 24.3 Å². The Hall–Kier alpha value is -1.30. The first-order chi connectivity index (χ1) is 8.67. The van der Waals surface area contributed by atoms with E-state index in [0.29, 0.717) is 25.2 Å². The van der Waals surface area contributed by atoms with Crippen molar-refractivity contribution in [3.63, 3.8) is 0 Å². The van der Waals surface area contributed by atoms with Gasteiger partial charge in [-0.3, -0.25) is 9.69 Å². The molecular formula is C13H18FNO3. The van der Waals surface area contributed by atoms with E-state index in [1.165, 1.54) is 24.3 Å². The second kappa shape index (κ2) is 7.92. The molecular weight excluding hydrogens is 237 g/mol. The maximum atomic E-state index is 12.7. The Balaban J connectivity index is 2.46. The Morgan fingerprint density at radius 2 is 1.61 bits per heavy atom. The third-order valence-electron chi connectivity index (χ3n) is 2.65. The molecule has 0 amide bonds. The number of carbonyl (C=O) groups excluding carboxylic acids is 1. The number of ketones is 1. The average molecular weight is 255 g/mol. The molecule has 0 unspecified atom stereocenters. The largest absolute Gasteiger partial charge is 0.395 e. The van der Waals surface area contributed by atoms with Gasteiger partial charge in [-0.15, -0.1) is 0 Å². The molecule has 0 atom stereocenters. The van der Waals surface area contributed by atoms with Crippen molar-refractivity contribution in [1.29, 1.82) is 0 Å². The lowest BCUT2D eigenvalue weighted by Gasteiger charge is -2.19. The summed E-state index contributed by atoms with van der Waals surface area (Å²) in [7, 11) is 0. The highest BCUT2D eigenvalue weighted by atomic mass is 19.1. The number of hydrogen-bond donors (Lipinski definition) is 2. The van der Waals surface area contributed by atoms with Crippen LogP contribution in [0.2, 0.25) is 0 Å². The Morgan fingerprint density at radius 1 is 1.06 bits per heavy atom. The van der Waals surface area contributed by atoms with Crippen LogP contribution >= 0.6 is 0 Å². The summed E-state index contributed by atoms with van der Waals surface area (Å²) >= 11 is 0. The van der Waals surface area contributed by atoms with Gasteiger partial charge in [-0.1, -0.05) is 0 Å². The number of hydrogen-bond acceptors (Lipinski definition) is 4. The molecule has 1 aromatic carbocycles. The fraction of sp³-hybridized carbons (Fsp3) is 0.462. The van der Waals surface area contributed by atoms with Crippen LogP contribution in [0.1, 0.15) is 16.8 Å². The van der Waals surface area contributed by atoms with Gasteiger partial charge in [0.1, 0.15) is 5.82 Å². The second-order valence-corrected chi connectivity index (χ2v) is 3.97. The van der Waals surface area contributed by atoms with Gasteiger partial charge < -0.3 is 10.2 Å². The molecule has 1 aromatic rings. The highest BCUT2D eigenvalue weighted by Gasteiger charge is 2.09. The molecule has 0 saturated carbocycles. The molecule has 100 valence electrons. The molecule has 2 N–H and O–H groups in total. The van der Waals surface area contributed by atoms with Crippen LogP contribution in [0.25, 0.3) is 0 Å². The minimum Gasteiger partial charge on any atom is -0.395 e. The number of nitrogens with zero attached hydrogens (tertiary/aromatic N) is 1. The maximum Gasteiger partial charge on any atom is 0.164 e. The summed E-state index contributed by atoms with van der Waals surface area (Å²) in [5.41, 5.74) is 0.476. The van der Waals surface area contributed by atoms with Gasteiger partial charge in [0, 0.05) is 31.6 Å². The lowest BCUT2D eigenvalue weighted by Crippen LogP contribution is -2.31. The van der Waals surface area contributed by atoms with E-state index in [1.807, 2.05) is 0 Å². The number of aliphatic hydroxyl groups excluding tert-OH is 2. The predicted molar refractivity (Wildman–Crippen MR) is 66.0 cm³/mol. The van der Waals surface area contributed by atoms with Crippen LogP contribution in [0, 0.1) is 5.82 Å². The van der Waals surface area contributed by atoms with Crippen LogP contribution in [0.3, 0.4) is 0 Å². The normalized spacial score (nSPS) is 10.9. The molecule has 0 aliphatic rings. The number of aliphatic hydroxyl groups is 2. The standard InChI is InChI=1S/C13H18FNO3/c14-12-3-1-11(2-4-12)13(18)5-6-15(7-9-16)8-10-17/h1-4,16-17H,5-10H2. The summed E-state index contributed by atoms with van der Waals surface area (Å²) < 4.78 is 12.7. The van der Waals surface area contributed by atoms with Crippen LogP contribution in [-0.2, 0) is 0 Å². The molecule has 1 rings (SSSR count). The minimum absolute atomic E-state index is 0.00919. The van der Waals surface area contributed by atoms with Crippen molar-refractivity contribution >= 4 is 5.78 Å². The molecule has 0 aliphatic carbocycles. The molecule has 0 bridgehead atoms. The molecule has 0 radical (unpaired) electrons. The summed E-state index contributed by atoms with van der Waals surface area (Å²) in [6.07, 6.45) is 0.283. The summed E-state index contributed by atoms with van der Waals surface area (Å²) in [4.78, 5) is 13.6. The zero-order valence-electron chi connectivity index (χ0n) is 10.2. The van der Waals surface area contributed by atoms with Crippen molar-refractivity contribution in [3.05, 3.63) is 35.6 Å². The predicted octanol–water partition coefficient (Wildman–Crippen LogP) is 0.685. The third kappa shape index (κ3) is 4.91. The number of rotatable bonds is 8. The summed E-state index contributed by atoms with van der Waals surface area (Å²) in [6.45, 7) is 1.31. The lowest BCUT2D eigenvalue weighted by atomic mass is 10.1. The molecule has 0 spiro atoms. The Kier molecular flexibility index (Phi) is 6.49. The van der Waals surface area contributed by atoms with Gasteiger partial charge >= 0.3 is 0 Å². The first-order valence-corrected chi connectivity index (χ1v) is 5.90. The Labute approximate surface area is 106 Å². The first-order valence-electron chi connectivity index (χ1n) is 5.90. The molecule has 0 aromatic heterocycles. The molecule has 18 heavy (non-hydrogen) atoms. The topological polar surface area (TPSA) is 60.8 Å². The Morgan fingerprint density at radius 3 is 2.11 bits per heavy atom. The quantitative estimate of drug-likeness (QED) is 0.671. The van der Waals surface area contributed by atoms with Crippen molar-refractivity contribution < 1.29 is 19.4 Å². The average Bonchev–Trinajstić information content (AvgIpc) is 2.37. The number of benzene rings is 1. The van der Waals surface area contributed by atoms with Gasteiger partial charge in [0.2, 0.25) is 0 Å². The number of halogens is 1. The first kappa shape index (κ1) is 14.8. The molecule has 5 heteroatoms. The SMILES string of the molecule is O=C(CCN(CCO)CCO)c1ccc(F)cc1. The molecule has 0 heterocycles. The smallest absolute Gasteiger partial charge is 0.164 e. The van der Waals surface area contributed by atoms with E-state index in [-0.39, 0.29) is 31.2 Å². The van der Waals surface area contributed by atoms with E-state index in [0.717, 1.165) is 0 Å². The van der Waals surface area contributed by atoms with E-state index < -0.39 is 0 Å². The monoisotopic (exact) mass is 255 g/mol. The molecule has 4 nitrogen and oxygen atoms in total. The Bertz CT molecular complexity index is 361. The highest BCUT2D eigenvalue weighted by molar-refractivity contribution is 5.96. The fourth-order valence-corrected chi connectivity index (χ4v) is 1.66. The number of carbonyl (C=O) groups is 1. The van der Waals surface area contributed by atoms with E-state index >= 15 is 0 Å². The molecule has 0 aliphatic heterocycles. The van der Waals surface area contributed by atoms with Crippen molar-refractivity contribution in [2.75, 3.05) is 32.8 Å². The van der Waals surface area contributed by atoms with Gasteiger partial charge in [0.25, 0.3) is 0 Å². The van der Waals surface area contributed by atoms with Crippen LogP contribution in [0.4, 0.5) is 4.39 Å². The van der Waals surface area contributed by atoms with Gasteiger partial charge in [-0.2, -0.15) is 0 Å². The zero-order valence-corrected chi connectivity index (χ0v) is 10.2. The maximum absolute atomic E-state index is 12.7. The van der Waals surface area contributed by atoms with Crippen molar-refractivity contribution in [3.8, 4) is 0 Å². The van der Waals surface area contributed by atoms with Crippen LogP contribution in [0.5, 0.6) is 0 Å². The van der Waals surface area contributed by atoms with Gasteiger partial charge in [-0.25, -0.2) is 4.39 Å². The van der Waals surface area contributed by atoms with E-state index in [4.69, 9.17) is 10.2 Å². The van der Waals surface area contributed by atoms with Crippen molar-refractivity contribution in [2.45, 2.75) is 6.42 Å². The second-order valence-electron chi connectivity index (χ2n) is 3.97. The molecule has 0 saturated heterocycles. The number of Topliss-reactive ketones (excluding diaryl/α,β-unsaturated/α-hetero) is 1. The van der Waals surface area contributed by atoms with E-state index in [2.05, 4.69) is 0 Å². The van der Waals surface area contributed by atoms with Crippen LogP contribution < -0.4 is 0 Å². The lowest BCUT2D eigenvalue weighted by molar-refractivity contribution is 0.0947. The van der Waals surface area contributed by atoms with Gasteiger partial charge in [-0.05, 0) is 24.3 Å². The third-order valence-corrected chi connectivity index (χ3v) is 2.65. The van der Waals surface area contributed by atoms with Gasteiger partial charge in [0.15, 0.2) is 5.78 Å². The summed E-state index contributed by atoms with van der Waals surface area (Å²) in [5.74, 6) is -0.440. The zero-order chi connectivity index (χ0) is 13.4. The van der Waals surface area contributed by atoms with Crippen LogP contribution in [-0.4, -0.2) is 53.7 Å². The van der Waals surface area contributed by atoms with E-state index in [9.17, 15) is 9.18 Å². The summed E-state index contributed by atoms with van der Waals surface area (Å²) in [6, 6.07) is 5.43. The minimum atomic E-state index is -0.367. The summed E-state index contributed by atoms with van der Waals surface area (Å²) in [5, 5.41) is 17.7. The highest BCUT2D eigenvalue weighted by Crippen LogP contribution is 2.06. The van der Waals surface area contributed by atoms with Crippen molar-refractivity contribution in [1.82, 2.24) is 4.90 Å². The fourth-order valence-electron chi connectivity index (χ4n) is 1.66. The van der Waals surface area contributed by atoms with Crippen molar-refractivity contribution in [2.24, 2.45) is 0 Å². The molecule has 0 fully saturated rings. The van der Waals surface area contributed by atoms with Gasteiger partial charge in [0.05, 0.1) is 13.2 Å².